The fourth-order valence-electron chi connectivity index (χ4n) is 4.18. The SMILES string of the molecule is CC(C)CCSc1nnc(-c2cccc(S(=O)(=O)N3CCOCC3)c2)n1C1CCCC1. The molecule has 2 aliphatic rings. The molecule has 7 nitrogen and oxygen atoms in total. The predicted molar refractivity (Wildman–Crippen MR) is 123 cm³/mol. The van der Waals surface area contributed by atoms with Crippen molar-refractivity contribution < 1.29 is 13.2 Å². The van der Waals surface area contributed by atoms with Gasteiger partial charge in [0, 0.05) is 30.4 Å². The third-order valence-electron chi connectivity index (χ3n) is 5.98. The van der Waals surface area contributed by atoms with Gasteiger partial charge in [0.2, 0.25) is 10.0 Å². The highest BCUT2D eigenvalue weighted by Crippen LogP contribution is 2.37. The summed E-state index contributed by atoms with van der Waals surface area (Å²) in [6.07, 6.45) is 5.79. The van der Waals surface area contributed by atoms with Crippen LogP contribution in [0.5, 0.6) is 0 Å². The highest BCUT2D eigenvalue weighted by Gasteiger charge is 2.28. The minimum atomic E-state index is -3.55. The van der Waals surface area contributed by atoms with Gasteiger partial charge in [0.05, 0.1) is 18.1 Å². The first-order valence-electron chi connectivity index (χ1n) is 11.2. The number of sulfonamides is 1. The van der Waals surface area contributed by atoms with Crippen LogP contribution in [0.4, 0.5) is 0 Å². The fraction of sp³-hybridized carbons (Fsp3) is 0.636. The van der Waals surface area contributed by atoms with E-state index in [-0.39, 0.29) is 0 Å². The zero-order valence-corrected chi connectivity index (χ0v) is 20.0. The summed E-state index contributed by atoms with van der Waals surface area (Å²) in [6, 6.07) is 7.55. The van der Waals surface area contributed by atoms with Crippen molar-refractivity contribution >= 4 is 21.8 Å². The van der Waals surface area contributed by atoms with Gasteiger partial charge in [-0.2, -0.15) is 4.31 Å². The molecular formula is C22H32N4O3S2. The van der Waals surface area contributed by atoms with E-state index in [1.165, 1.54) is 17.1 Å². The Kier molecular flexibility index (Phi) is 7.36. The Balaban J connectivity index is 1.66. The first-order chi connectivity index (χ1) is 15.0. The molecule has 1 aliphatic carbocycles. The molecule has 0 radical (unpaired) electrons. The van der Waals surface area contributed by atoms with Gasteiger partial charge in [-0.25, -0.2) is 8.42 Å². The molecule has 0 unspecified atom stereocenters. The summed E-state index contributed by atoms with van der Waals surface area (Å²) in [7, 11) is -3.55. The second-order valence-electron chi connectivity index (χ2n) is 8.69. The van der Waals surface area contributed by atoms with Gasteiger partial charge in [0.1, 0.15) is 0 Å². The Morgan fingerprint density at radius 1 is 1.16 bits per heavy atom. The van der Waals surface area contributed by atoms with Crippen molar-refractivity contribution in [3.8, 4) is 11.4 Å². The van der Waals surface area contributed by atoms with E-state index in [0.717, 1.165) is 41.6 Å². The van der Waals surface area contributed by atoms with Crippen molar-refractivity contribution in [3.05, 3.63) is 24.3 Å². The van der Waals surface area contributed by atoms with E-state index in [0.29, 0.717) is 43.2 Å². The Morgan fingerprint density at radius 2 is 1.90 bits per heavy atom. The smallest absolute Gasteiger partial charge is 0.243 e. The lowest BCUT2D eigenvalue weighted by atomic mass is 10.2. The number of hydrogen-bond acceptors (Lipinski definition) is 6. The summed E-state index contributed by atoms with van der Waals surface area (Å²) < 4.78 is 35.4. The molecule has 2 aromatic rings. The molecule has 0 N–H and O–H groups in total. The van der Waals surface area contributed by atoms with Crippen LogP contribution in [-0.4, -0.2) is 59.5 Å². The Morgan fingerprint density at radius 3 is 2.61 bits per heavy atom. The van der Waals surface area contributed by atoms with E-state index in [2.05, 4.69) is 28.6 Å². The number of morpholine rings is 1. The standard InChI is InChI=1S/C22H32N4O3S2/c1-17(2)10-15-30-22-24-23-21(26(22)19-7-3-4-8-19)18-6-5-9-20(16-18)31(27,28)25-11-13-29-14-12-25/h5-6,9,16-17,19H,3-4,7-8,10-15H2,1-2H3. The van der Waals surface area contributed by atoms with Crippen LogP contribution < -0.4 is 0 Å². The first-order valence-corrected chi connectivity index (χ1v) is 13.7. The second-order valence-corrected chi connectivity index (χ2v) is 11.7. The molecule has 1 aromatic heterocycles. The molecule has 1 saturated heterocycles. The quantitative estimate of drug-likeness (QED) is 0.545. The van der Waals surface area contributed by atoms with Gasteiger partial charge in [-0.1, -0.05) is 50.6 Å². The monoisotopic (exact) mass is 464 g/mol. The number of rotatable bonds is 8. The van der Waals surface area contributed by atoms with Gasteiger partial charge in [-0.05, 0) is 37.3 Å². The molecule has 1 aliphatic heterocycles. The van der Waals surface area contributed by atoms with Crippen molar-refractivity contribution in [2.45, 2.75) is 62.0 Å². The van der Waals surface area contributed by atoms with Crippen LogP contribution in [0.25, 0.3) is 11.4 Å². The summed E-state index contributed by atoms with van der Waals surface area (Å²) in [4.78, 5) is 0.307. The zero-order valence-electron chi connectivity index (χ0n) is 18.4. The predicted octanol–water partition coefficient (Wildman–Crippen LogP) is 4.22. The molecule has 9 heteroatoms. The normalized spacial score (nSPS) is 18.8. The molecule has 1 saturated carbocycles. The fourth-order valence-corrected chi connectivity index (χ4v) is 6.88. The molecule has 0 atom stereocenters. The van der Waals surface area contributed by atoms with Gasteiger partial charge in [0.25, 0.3) is 0 Å². The maximum Gasteiger partial charge on any atom is 0.243 e. The van der Waals surface area contributed by atoms with Crippen LogP contribution in [0.15, 0.2) is 34.3 Å². The summed E-state index contributed by atoms with van der Waals surface area (Å²) in [5.74, 6) is 2.43. The lowest BCUT2D eigenvalue weighted by molar-refractivity contribution is 0.0730. The Bertz CT molecular complexity index is 978. The molecule has 0 spiro atoms. The minimum Gasteiger partial charge on any atom is -0.379 e. The molecule has 1 aromatic carbocycles. The third kappa shape index (κ3) is 5.16. The lowest BCUT2D eigenvalue weighted by Gasteiger charge is -2.26. The van der Waals surface area contributed by atoms with Gasteiger partial charge >= 0.3 is 0 Å². The highest BCUT2D eigenvalue weighted by molar-refractivity contribution is 7.99. The van der Waals surface area contributed by atoms with Crippen LogP contribution in [-0.2, 0) is 14.8 Å². The van der Waals surface area contributed by atoms with Crippen LogP contribution in [0.1, 0.15) is 52.0 Å². The zero-order chi connectivity index (χ0) is 21.8. The maximum atomic E-state index is 13.1. The summed E-state index contributed by atoms with van der Waals surface area (Å²) in [5, 5.41) is 9.99. The lowest BCUT2D eigenvalue weighted by Crippen LogP contribution is -2.40. The molecule has 0 bridgehead atoms. The third-order valence-corrected chi connectivity index (χ3v) is 8.85. The molecule has 170 valence electrons. The number of benzene rings is 1. The number of thioether (sulfide) groups is 1. The number of aromatic nitrogens is 3. The van der Waals surface area contributed by atoms with Crippen LogP contribution in [0.2, 0.25) is 0 Å². The number of ether oxygens (including phenoxy) is 1. The summed E-state index contributed by atoms with van der Waals surface area (Å²) in [5.41, 5.74) is 0.810. The van der Waals surface area contributed by atoms with Gasteiger partial charge in [0.15, 0.2) is 11.0 Å². The minimum absolute atomic E-state index is 0.307. The summed E-state index contributed by atoms with van der Waals surface area (Å²) >= 11 is 1.76. The molecular weight excluding hydrogens is 432 g/mol. The molecule has 4 rings (SSSR count). The van der Waals surface area contributed by atoms with Crippen molar-refractivity contribution in [2.75, 3.05) is 32.1 Å². The molecule has 2 heterocycles. The van der Waals surface area contributed by atoms with Crippen molar-refractivity contribution in [1.82, 2.24) is 19.1 Å². The molecule has 2 fully saturated rings. The van der Waals surface area contributed by atoms with Crippen LogP contribution >= 0.6 is 11.8 Å². The van der Waals surface area contributed by atoms with E-state index in [4.69, 9.17) is 4.74 Å². The van der Waals surface area contributed by atoms with Gasteiger partial charge in [-0.15, -0.1) is 10.2 Å². The topological polar surface area (TPSA) is 77.3 Å². The van der Waals surface area contributed by atoms with Crippen molar-refractivity contribution in [2.24, 2.45) is 5.92 Å². The Labute approximate surface area is 189 Å². The van der Waals surface area contributed by atoms with Crippen LogP contribution in [0, 0.1) is 5.92 Å². The summed E-state index contributed by atoms with van der Waals surface area (Å²) in [6.45, 7) is 6.11. The first kappa shape index (κ1) is 22.8. The van der Waals surface area contributed by atoms with Gasteiger partial charge < -0.3 is 4.74 Å². The highest BCUT2D eigenvalue weighted by atomic mass is 32.2. The van der Waals surface area contributed by atoms with Crippen LogP contribution in [0.3, 0.4) is 0 Å². The second kappa shape index (κ2) is 10.0. The largest absolute Gasteiger partial charge is 0.379 e. The van der Waals surface area contributed by atoms with Crippen molar-refractivity contribution in [1.29, 1.82) is 0 Å². The average Bonchev–Trinajstić information content (AvgIpc) is 3.44. The van der Waals surface area contributed by atoms with E-state index in [1.54, 1.807) is 23.9 Å². The van der Waals surface area contributed by atoms with E-state index in [1.807, 2.05) is 12.1 Å². The van der Waals surface area contributed by atoms with Gasteiger partial charge in [-0.3, -0.25) is 4.57 Å². The van der Waals surface area contributed by atoms with E-state index >= 15 is 0 Å². The van der Waals surface area contributed by atoms with E-state index < -0.39 is 10.0 Å². The Hall–Kier alpha value is -1.42. The van der Waals surface area contributed by atoms with Crippen molar-refractivity contribution in [3.63, 3.8) is 0 Å². The number of hydrogen-bond donors (Lipinski definition) is 0. The maximum absolute atomic E-state index is 13.1. The average molecular weight is 465 g/mol. The molecule has 0 amide bonds. The van der Waals surface area contributed by atoms with E-state index in [9.17, 15) is 8.42 Å². The molecule has 31 heavy (non-hydrogen) atoms. The number of nitrogens with zero attached hydrogens (tertiary/aromatic N) is 4.